The van der Waals surface area contributed by atoms with Gasteiger partial charge >= 0.3 is 0 Å². The van der Waals surface area contributed by atoms with E-state index in [0.717, 1.165) is 19.1 Å². The SMILES string of the molecule is CCCNC1CC[N]CC1. The van der Waals surface area contributed by atoms with E-state index in [9.17, 15) is 0 Å². The van der Waals surface area contributed by atoms with Gasteiger partial charge in [-0.15, -0.1) is 0 Å². The summed E-state index contributed by atoms with van der Waals surface area (Å²) >= 11 is 0. The Hall–Kier alpha value is -0.0800. The van der Waals surface area contributed by atoms with Gasteiger partial charge in [-0.1, -0.05) is 6.92 Å². The summed E-state index contributed by atoms with van der Waals surface area (Å²) in [6, 6.07) is 0.762. The van der Waals surface area contributed by atoms with E-state index in [1.807, 2.05) is 0 Å². The zero-order chi connectivity index (χ0) is 7.23. The average Bonchev–Trinajstić information content (AvgIpc) is 2.03. The first kappa shape index (κ1) is 8.02. The molecular weight excluding hydrogens is 124 g/mol. The Morgan fingerprint density at radius 1 is 1.40 bits per heavy atom. The molecule has 0 bridgehead atoms. The standard InChI is InChI=1S/C8H17N2/c1-2-5-10-8-3-6-9-7-4-8/h8,10H,2-7H2,1H3. The molecule has 0 aromatic heterocycles. The molecule has 1 N–H and O–H groups in total. The number of nitrogens with zero attached hydrogens (tertiary/aromatic N) is 1. The number of hydrogen-bond donors (Lipinski definition) is 1. The first-order valence-corrected chi connectivity index (χ1v) is 4.30. The van der Waals surface area contributed by atoms with E-state index in [2.05, 4.69) is 17.6 Å². The molecule has 0 aliphatic carbocycles. The molecule has 0 saturated carbocycles. The summed E-state index contributed by atoms with van der Waals surface area (Å²) < 4.78 is 0. The molecule has 0 amide bonds. The Morgan fingerprint density at radius 3 is 2.70 bits per heavy atom. The predicted octanol–water partition coefficient (Wildman–Crippen LogP) is 0.753. The molecule has 10 heavy (non-hydrogen) atoms. The van der Waals surface area contributed by atoms with Crippen LogP contribution in [-0.4, -0.2) is 25.7 Å². The highest BCUT2D eigenvalue weighted by Gasteiger charge is 2.11. The Kier molecular flexibility index (Phi) is 3.76. The van der Waals surface area contributed by atoms with Gasteiger partial charge in [-0.05, 0) is 25.8 Å². The van der Waals surface area contributed by atoms with Crippen LogP contribution >= 0.6 is 0 Å². The summed E-state index contributed by atoms with van der Waals surface area (Å²) in [6.45, 7) is 5.52. The first-order chi connectivity index (χ1) is 4.93. The summed E-state index contributed by atoms with van der Waals surface area (Å²) in [6.07, 6.45) is 3.74. The van der Waals surface area contributed by atoms with Crippen LogP contribution in [0.5, 0.6) is 0 Å². The van der Waals surface area contributed by atoms with Crippen molar-refractivity contribution in [3.05, 3.63) is 0 Å². The Labute approximate surface area is 63.4 Å². The molecule has 1 fully saturated rings. The summed E-state index contributed by atoms with van der Waals surface area (Å²) in [5.41, 5.74) is 0. The number of piperidine rings is 1. The van der Waals surface area contributed by atoms with Gasteiger partial charge in [0.15, 0.2) is 0 Å². The molecule has 2 heteroatoms. The molecule has 0 aromatic rings. The molecule has 0 spiro atoms. The third kappa shape index (κ3) is 2.67. The third-order valence-corrected chi connectivity index (χ3v) is 1.95. The fourth-order valence-corrected chi connectivity index (χ4v) is 1.30. The predicted molar refractivity (Wildman–Crippen MR) is 43.2 cm³/mol. The Balaban J connectivity index is 2.02. The van der Waals surface area contributed by atoms with Gasteiger partial charge in [0.05, 0.1) is 0 Å². The lowest BCUT2D eigenvalue weighted by molar-refractivity contribution is 0.384. The zero-order valence-electron chi connectivity index (χ0n) is 6.77. The fourth-order valence-electron chi connectivity index (χ4n) is 1.30. The van der Waals surface area contributed by atoms with Crippen molar-refractivity contribution in [2.75, 3.05) is 19.6 Å². The van der Waals surface area contributed by atoms with Crippen LogP contribution in [0.1, 0.15) is 26.2 Å². The van der Waals surface area contributed by atoms with Gasteiger partial charge in [0.2, 0.25) is 0 Å². The lowest BCUT2D eigenvalue weighted by atomic mass is 10.1. The van der Waals surface area contributed by atoms with Crippen LogP contribution in [0.15, 0.2) is 0 Å². The molecule has 1 aliphatic rings. The summed E-state index contributed by atoms with van der Waals surface area (Å²) in [5, 5.41) is 7.81. The highest BCUT2D eigenvalue weighted by atomic mass is 15.0. The molecule has 59 valence electrons. The molecule has 1 heterocycles. The lowest BCUT2D eigenvalue weighted by Gasteiger charge is -2.22. The number of rotatable bonds is 3. The second kappa shape index (κ2) is 4.69. The molecule has 0 aromatic carbocycles. The maximum atomic E-state index is 4.30. The average molecular weight is 141 g/mol. The number of hydrogen-bond acceptors (Lipinski definition) is 1. The summed E-state index contributed by atoms with van der Waals surface area (Å²) in [7, 11) is 0. The largest absolute Gasteiger partial charge is 0.314 e. The maximum Gasteiger partial charge on any atom is 0.0148 e. The minimum atomic E-state index is 0.762. The van der Waals surface area contributed by atoms with Crippen LogP contribution in [0.25, 0.3) is 0 Å². The molecule has 0 unspecified atom stereocenters. The van der Waals surface area contributed by atoms with E-state index < -0.39 is 0 Å². The van der Waals surface area contributed by atoms with Gasteiger partial charge in [-0.2, -0.15) is 0 Å². The van der Waals surface area contributed by atoms with E-state index in [1.54, 1.807) is 0 Å². The third-order valence-electron chi connectivity index (χ3n) is 1.95. The molecule has 1 rings (SSSR count). The summed E-state index contributed by atoms with van der Waals surface area (Å²) in [4.78, 5) is 0. The van der Waals surface area contributed by atoms with Crippen molar-refractivity contribution in [1.82, 2.24) is 10.6 Å². The highest BCUT2D eigenvalue weighted by Crippen LogP contribution is 2.02. The van der Waals surface area contributed by atoms with Crippen molar-refractivity contribution in [3.8, 4) is 0 Å². The topological polar surface area (TPSA) is 26.1 Å². The van der Waals surface area contributed by atoms with E-state index >= 15 is 0 Å². The van der Waals surface area contributed by atoms with Crippen LogP contribution in [0.2, 0.25) is 0 Å². The van der Waals surface area contributed by atoms with Gasteiger partial charge in [0.25, 0.3) is 0 Å². The molecule has 1 radical (unpaired) electrons. The molecular formula is C8H17N2. The fraction of sp³-hybridized carbons (Fsp3) is 1.00. The molecule has 1 aliphatic heterocycles. The van der Waals surface area contributed by atoms with Crippen molar-refractivity contribution in [2.45, 2.75) is 32.2 Å². The van der Waals surface area contributed by atoms with Gasteiger partial charge < -0.3 is 5.32 Å². The van der Waals surface area contributed by atoms with Crippen molar-refractivity contribution < 1.29 is 0 Å². The smallest absolute Gasteiger partial charge is 0.0148 e. The van der Waals surface area contributed by atoms with E-state index in [-0.39, 0.29) is 0 Å². The second-order valence-corrected chi connectivity index (χ2v) is 2.90. The van der Waals surface area contributed by atoms with Gasteiger partial charge in [-0.25, -0.2) is 5.32 Å². The zero-order valence-corrected chi connectivity index (χ0v) is 6.77. The van der Waals surface area contributed by atoms with E-state index in [4.69, 9.17) is 0 Å². The van der Waals surface area contributed by atoms with Gasteiger partial charge in [0, 0.05) is 19.1 Å². The van der Waals surface area contributed by atoms with Crippen molar-refractivity contribution in [1.29, 1.82) is 0 Å². The highest BCUT2D eigenvalue weighted by molar-refractivity contribution is 4.73. The Morgan fingerprint density at radius 2 is 2.10 bits per heavy atom. The summed E-state index contributed by atoms with van der Waals surface area (Å²) in [5.74, 6) is 0. The Bertz CT molecular complexity index is 77.3. The van der Waals surface area contributed by atoms with Crippen LogP contribution in [0, 0.1) is 0 Å². The normalized spacial score (nSPS) is 21.3. The van der Waals surface area contributed by atoms with Crippen molar-refractivity contribution >= 4 is 0 Å². The maximum absolute atomic E-state index is 4.30. The minimum Gasteiger partial charge on any atom is -0.314 e. The van der Waals surface area contributed by atoms with Crippen molar-refractivity contribution in [2.24, 2.45) is 0 Å². The van der Waals surface area contributed by atoms with Gasteiger partial charge in [-0.3, -0.25) is 0 Å². The van der Waals surface area contributed by atoms with Crippen molar-refractivity contribution in [3.63, 3.8) is 0 Å². The molecule has 1 saturated heterocycles. The van der Waals surface area contributed by atoms with Crippen LogP contribution in [0.3, 0.4) is 0 Å². The van der Waals surface area contributed by atoms with E-state index in [0.29, 0.717) is 0 Å². The molecule has 0 atom stereocenters. The van der Waals surface area contributed by atoms with E-state index in [1.165, 1.54) is 25.8 Å². The second-order valence-electron chi connectivity index (χ2n) is 2.90. The molecule has 2 nitrogen and oxygen atoms in total. The minimum absolute atomic E-state index is 0.762. The lowest BCUT2D eigenvalue weighted by Crippen LogP contribution is -2.37. The van der Waals surface area contributed by atoms with Gasteiger partial charge in [0.1, 0.15) is 0 Å². The van der Waals surface area contributed by atoms with Crippen LogP contribution < -0.4 is 10.6 Å². The monoisotopic (exact) mass is 141 g/mol. The number of nitrogens with one attached hydrogen (secondary N) is 1. The van der Waals surface area contributed by atoms with Crippen LogP contribution in [0.4, 0.5) is 0 Å². The quantitative estimate of drug-likeness (QED) is 0.617. The van der Waals surface area contributed by atoms with Crippen LogP contribution in [-0.2, 0) is 0 Å². The first-order valence-electron chi connectivity index (χ1n) is 4.30.